The fourth-order valence-electron chi connectivity index (χ4n) is 3.22. The van der Waals surface area contributed by atoms with Crippen LogP contribution in [-0.2, 0) is 6.54 Å². The zero-order chi connectivity index (χ0) is 21.3. The van der Waals surface area contributed by atoms with Crippen molar-refractivity contribution in [2.75, 3.05) is 11.5 Å². The van der Waals surface area contributed by atoms with Gasteiger partial charge in [-0.15, -0.1) is 0 Å². The maximum Gasteiger partial charge on any atom is 0.266 e. The normalized spacial score (nSPS) is 14.0. The number of nitrogens with zero attached hydrogens (tertiary/aromatic N) is 4. The number of hydrogen-bond donors (Lipinski definition) is 2. The lowest BCUT2D eigenvalue weighted by atomic mass is 10.1. The third-order valence-corrected chi connectivity index (χ3v) is 4.81. The van der Waals surface area contributed by atoms with E-state index in [0.717, 1.165) is 10.5 Å². The van der Waals surface area contributed by atoms with Gasteiger partial charge in [-0.05, 0) is 42.8 Å². The summed E-state index contributed by atoms with van der Waals surface area (Å²) in [6.45, 7) is 1.98. The number of hydrogen-bond acceptors (Lipinski definition) is 6. The fraction of sp³-hybridized carbons (Fsp3) is 0.190. The van der Waals surface area contributed by atoms with E-state index in [9.17, 15) is 14.4 Å². The highest BCUT2D eigenvalue weighted by Crippen LogP contribution is 2.29. The van der Waals surface area contributed by atoms with E-state index in [1.54, 1.807) is 30.1 Å². The molecule has 0 saturated heterocycles. The smallest absolute Gasteiger partial charge is 0.266 e. The molecule has 0 unspecified atom stereocenters. The second-order valence-electron chi connectivity index (χ2n) is 7.02. The van der Waals surface area contributed by atoms with E-state index in [4.69, 9.17) is 5.11 Å². The van der Waals surface area contributed by atoms with Crippen LogP contribution in [0.5, 0.6) is 0 Å². The zero-order valence-electron chi connectivity index (χ0n) is 16.1. The molecule has 9 nitrogen and oxygen atoms in total. The van der Waals surface area contributed by atoms with Crippen molar-refractivity contribution in [3.8, 4) is 0 Å². The molecule has 1 aromatic heterocycles. The SMILES string of the molecule is C[C@H](CO)NC(=O)c1ccc2c(c1)C(=O)N(c1ccc(Cn3cncn3)cc1)C2=O. The van der Waals surface area contributed by atoms with Crippen LogP contribution in [0.4, 0.5) is 5.69 Å². The van der Waals surface area contributed by atoms with Crippen LogP contribution in [0.2, 0.25) is 0 Å². The molecule has 30 heavy (non-hydrogen) atoms. The molecule has 152 valence electrons. The van der Waals surface area contributed by atoms with Gasteiger partial charge in [0.05, 0.1) is 30.0 Å². The molecule has 9 heteroatoms. The van der Waals surface area contributed by atoms with E-state index in [1.165, 1.54) is 24.5 Å². The lowest BCUT2D eigenvalue weighted by Crippen LogP contribution is -2.35. The van der Waals surface area contributed by atoms with Crippen molar-refractivity contribution in [2.24, 2.45) is 0 Å². The first-order valence-corrected chi connectivity index (χ1v) is 9.34. The molecular formula is C21H19N5O4. The van der Waals surface area contributed by atoms with E-state index < -0.39 is 23.8 Å². The molecule has 3 aromatic rings. The maximum absolute atomic E-state index is 12.9. The Morgan fingerprint density at radius 3 is 2.50 bits per heavy atom. The summed E-state index contributed by atoms with van der Waals surface area (Å²) in [7, 11) is 0. The number of aliphatic hydroxyl groups is 1. The quantitative estimate of drug-likeness (QED) is 0.596. The first-order chi connectivity index (χ1) is 14.5. The Morgan fingerprint density at radius 1 is 1.10 bits per heavy atom. The minimum Gasteiger partial charge on any atom is -0.394 e. The Kier molecular flexibility index (Phi) is 5.11. The first-order valence-electron chi connectivity index (χ1n) is 9.34. The van der Waals surface area contributed by atoms with Crippen LogP contribution in [0.25, 0.3) is 0 Å². The van der Waals surface area contributed by atoms with Crippen LogP contribution in [0, 0.1) is 0 Å². The average molecular weight is 405 g/mol. The summed E-state index contributed by atoms with van der Waals surface area (Å²) in [6.07, 6.45) is 3.05. The molecule has 1 aliphatic heterocycles. The Hall–Kier alpha value is -3.85. The first kappa shape index (κ1) is 19.5. The maximum atomic E-state index is 12.9. The van der Waals surface area contributed by atoms with Gasteiger partial charge >= 0.3 is 0 Å². The van der Waals surface area contributed by atoms with Crippen LogP contribution in [-0.4, -0.2) is 50.2 Å². The molecular weight excluding hydrogens is 386 g/mol. The minimum absolute atomic E-state index is 0.177. The monoisotopic (exact) mass is 405 g/mol. The number of aliphatic hydroxyl groups excluding tert-OH is 1. The van der Waals surface area contributed by atoms with Gasteiger partial charge in [0.15, 0.2) is 0 Å². The number of aromatic nitrogens is 3. The van der Waals surface area contributed by atoms with Gasteiger partial charge < -0.3 is 10.4 Å². The van der Waals surface area contributed by atoms with Crippen molar-refractivity contribution in [1.29, 1.82) is 0 Å². The number of benzene rings is 2. The number of carbonyl (C=O) groups excluding carboxylic acids is 3. The second-order valence-corrected chi connectivity index (χ2v) is 7.02. The van der Waals surface area contributed by atoms with Gasteiger partial charge in [0, 0.05) is 11.6 Å². The summed E-state index contributed by atoms with van der Waals surface area (Å²) in [6, 6.07) is 11.0. The molecule has 0 spiro atoms. The number of carbonyl (C=O) groups is 3. The van der Waals surface area contributed by atoms with Gasteiger partial charge in [-0.25, -0.2) is 14.6 Å². The predicted molar refractivity (Wildman–Crippen MR) is 107 cm³/mol. The van der Waals surface area contributed by atoms with Crippen LogP contribution >= 0.6 is 0 Å². The lowest BCUT2D eigenvalue weighted by Gasteiger charge is -2.14. The van der Waals surface area contributed by atoms with Gasteiger partial charge in [-0.1, -0.05) is 12.1 Å². The Morgan fingerprint density at radius 2 is 1.83 bits per heavy atom. The average Bonchev–Trinajstić information content (AvgIpc) is 3.35. The number of amides is 3. The highest BCUT2D eigenvalue weighted by Gasteiger charge is 2.37. The number of anilines is 1. The van der Waals surface area contributed by atoms with Crippen LogP contribution in [0.1, 0.15) is 43.6 Å². The molecule has 1 atom stereocenters. The molecule has 0 radical (unpaired) electrons. The second kappa shape index (κ2) is 7.88. The summed E-state index contributed by atoms with van der Waals surface area (Å²) < 4.78 is 1.67. The third-order valence-electron chi connectivity index (χ3n) is 4.81. The zero-order valence-corrected chi connectivity index (χ0v) is 16.1. The van der Waals surface area contributed by atoms with Crippen molar-refractivity contribution in [2.45, 2.75) is 19.5 Å². The molecule has 1 aliphatic rings. The minimum atomic E-state index is -0.483. The van der Waals surface area contributed by atoms with E-state index in [1.807, 2.05) is 12.1 Å². The Bertz CT molecular complexity index is 1110. The summed E-state index contributed by atoms with van der Waals surface area (Å²) >= 11 is 0. The topological polar surface area (TPSA) is 117 Å². The fourth-order valence-corrected chi connectivity index (χ4v) is 3.22. The summed E-state index contributed by atoms with van der Waals surface area (Å²) in [5.41, 5.74) is 2.07. The Labute approximate surface area is 172 Å². The van der Waals surface area contributed by atoms with Crippen molar-refractivity contribution < 1.29 is 19.5 Å². The van der Waals surface area contributed by atoms with Crippen molar-refractivity contribution in [3.05, 3.63) is 77.4 Å². The third kappa shape index (κ3) is 3.58. The van der Waals surface area contributed by atoms with E-state index in [0.29, 0.717) is 12.2 Å². The highest BCUT2D eigenvalue weighted by molar-refractivity contribution is 6.34. The van der Waals surface area contributed by atoms with Gasteiger partial charge in [0.2, 0.25) is 0 Å². The number of fused-ring (bicyclic) bond motifs is 1. The molecule has 0 fully saturated rings. The Balaban J connectivity index is 1.56. The van der Waals surface area contributed by atoms with E-state index >= 15 is 0 Å². The number of nitrogens with one attached hydrogen (secondary N) is 1. The van der Waals surface area contributed by atoms with Gasteiger partial charge in [0.25, 0.3) is 17.7 Å². The molecule has 0 bridgehead atoms. The molecule has 2 heterocycles. The highest BCUT2D eigenvalue weighted by atomic mass is 16.3. The molecule has 0 aliphatic carbocycles. The number of rotatable bonds is 6. The molecule has 2 N–H and O–H groups in total. The van der Waals surface area contributed by atoms with Crippen molar-refractivity contribution in [1.82, 2.24) is 20.1 Å². The summed E-state index contributed by atoms with van der Waals surface area (Å²) in [5.74, 6) is -1.34. The predicted octanol–water partition coefficient (Wildman–Crippen LogP) is 1.24. The molecule has 0 saturated carbocycles. The van der Waals surface area contributed by atoms with Crippen molar-refractivity contribution >= 4 is 23.4 Å². The molecule has 4 rings (SSSR count). The van der Waals surface area contributed by atoms with Crippen LogP contribution < -0.4 is 10.2 Å². The van der Waals surface area contributed by atoms with E-state index in [-0.39, 0.29) is 23.3 Å². The molecule has 2 aromatic carbocycles. The number of imide groups is 1. The van der Waals surface area contributed by atoms with Gasteiger partial charge in [0.1, 0.15) is 12.7 Å². The van der Waals surface area contributed by atoms with Gasteiger partial charge in [-0.2, -0.15) is 5.10 Å². The lowest BCUT2D eigenvalue weighted by molar-refractivity contribution is 0.0915. The summed E-state index contributed by atoms with van der Waals surface area (Å²) in [5, 5.41) is 15.8. The van der Waals surface area contributed by atoms with Crippen LogP contribution in [0.15, 0.2) is 55.1 Å². The summed E-state index contributed by atoms with van der Waals surface area (Å²) in [4.78, 5) is 43.0. The van der Waals surface area contributed by atoms with Gasteiger partial charge in [-0.3, -0.25) is 14.4 Å². The standard InChI is InChI=1S/C21H19N5O4/c1-13(10-27)24-19(28)15-4-7-17-18(8-15)21(30)26(20(17)29)16-5-2-14(3-6-16)9-25-12-22-11-23-25/h2-8,11-13,27H,9-10H2,1H3,(H,24,28)/t13-/m1/s1. The van der Waals surface area contributed by atoms with Crippen LogP contribution in [0.3, 0.4) is 0 Å². The van der Waals surface area contributed by atoms with E-state index in [2.05, 4.69) is 15.4 Å². The molecule has 3 amide bonds. The largest absolute Gasteiger partial charge is 0.394 e. The van der Waals surface area contributed by atoms with Crippen molar-refractivity contribution in [3.63, 3.8) is 0 Å².